The Morgan fingerprint density at radius 1 is 1.48 bits per heavy atom. The molecule has 1 unspecified atom stereocenters. The molecule has 0 saturated carbocycles. The van der Waals surface area contributed by atoms with E-state index >= 15 is 0 Å². The molecule has 1 amide bonds. The summed E-state index contributed by atoms with van der Waals surface area (Å²) in [5, 5.41) is 17.1. The molecule has 120 valence electrons. The third-order valence-corrected chi connectivity index (χ3v) is 5.25. The molecule has 3 aromatic heterocycles. The zero-order valence-electron chi connectivity index (χ0n) is 12.7. The maximum Gasteiger partial charge on any atom is 0.291 e. The van der Waals surface area contributed by atoms with Gasteiger partial charge in [-0.1, -0.05) is 0 Å². The van der Waals surface area contributed by atoms with Crippen molar-refractivity contribution >= 4 is 33.1 Å². The van der Waals surface area contributed by atoms with Crippen LogP contribution in [0.2, 0.25) is 0 Å². The van der Waals surface area contributed by atoms with Crippen LogP contribution in [0.4, 0.5) is 0 Å². The minimum Gasteiger partial charge on any atom is -0.392 e. The molecule has 1 aliphatic carbocycles. The Balaban J connectivity index is 1.80. The standard InChI is InChI=1S/C15H17N5O2S/c1-8(21)6-16-14(22)12-18-13-11-9-4-2-3-5-10(9)23-15(11)17-7-20(13)19-12/h7-8,21H,2-6H2,1H3,(H,16,22). The van der Waals surface area contributed by atoms with E-state index in [4.69, 9.17) is 0 Å². The van der Waals surface area contributed by atoms with E-state index in [0.29, 0.717) is 5.65 Å². The third-order valence-electron chi connectivity index (χ3n) is 4.05. The molecule has 0 aromatic carbocycles. The van der Waals surface area contributed by atoms with Crippen molar-refractivity contribution in [1.29, 1.82) is 0 Å². The van der Waals surface area contributed by atoms with Crippen LogP contribution in [0.5, 0.6) is 0 Å². The summed E-state index contributed by atoms with van der Waals surface area (Å²) in [6.45, 7) is 1.79. The quantitative estimate of drug-likeness (QED) is 0.755. The van der Waals surface area contributed by atoms with E-state index < -0.39 is 6.10 Å². The number of amides is 1. The van der Waals surface area contributed by atoms with Gasteiger partial charge >= 0.3 is 0 Å². The molecule has 0 radical (unpaired) electrons. The summed E-state index contributed by atoms with van der Waals surface area (Å²) in [6.07, 6.45) is 5.53. The molecule has 7 nitrogen and oxygen atoms in total. The van der Waals surface area contributed by atoms with Crippen molar-refractivity contribution in [3.63, 3.8) is 0 Å². The number of hydrogen-bond acceptors (Lipinski definition) is 6. The van der Waals surface area contributed by atoms with Crippen LogP contribution in [0, 0.1) is 0 Å². The fraction of sp³-hybridized carbons (Fsp3) is 0.467. The first-order valence-electron chi connectivity index (χ1n) is 7.75. The third kappa shape index (κ3) is 2.47. The van der Waals surface area contributed by atoms with E-state index in [1.54, 1.807) is 29.1 Å². The fourth-order valence-electron chi connectivity index (χ4n) is 2.97. The second-order valence-electron chi connectivity index (χ2n) is 5.90. The molecule has 1 aliphatic rings. The molecular formula is C15H17N5O2S. The monoisotopic (exact) mass is 331 g/mol. The minimum atomic E-state index is -0.603. The number of aryl methyl sites for hydroxylation is 2. The van der Waals surface area contributed by atoms with Gasteiger partial charge in [0.1, 0.15) is 11.2 Å². The number of hydrogen-bond donors (Lipinski definition) is 2. The highest BCUT2D eigenvalue weighted by molar-refractivity contribution is 7.19. The van der Waals surface area contributed by atoms with Crippen molar-refractivity contribution in [3.05, 3.63) is 22.6 Å². The van der Waals surface area contributed by atoms with Gasteiger partial charge in [0, 0.05) is 11.4 Å². The number of fused-ring (bicyclic) bond motifs is 5. The van der Waals surface area contributed by atoms with Gasteiger partial charge in [-0.3, -0.25) is 4.79 Å². The molecule has 8 heteroatoms. The van der Waals surface area contributed by atoms with E-state index in [-0.39, 0.29) is 18.3 Å². The number of rotatable bonds is 3. The number of nitrogens with zero attached hydrogens (tertiary/aromatic N) is 4. The summed E-state index contributed by atoms with van der Waals surface area (Å²) in [4.78, 5) is 23.3. The van der Waals surface area contributed by atoms with Crippen molar-refractivity contribution in [2.75, 3.05) is 6.54 Å². The van der Waals surface area contributed by atoms with Crippen LogP contribution in [-0.2, 0) is 12.8 Å². The Kier molecular flexibility index (Phi) is 3.50. The summed E-state index contributed by atoms with van der Waals surface area (Å²) < 4.78 is 1.57. The first kappa shape index (κ1) is 14.5. The maximum atomic E-state index is 12.1. The van der Waals surface area contributed by atoms with Crippen LogP contribution < -0.4 is 5.32 Å². The summed E-state index contributed by atoms with van der Waals surface area (Å²) in [7, 11) is 0. The van der Waals surface area contributed by atoms with E-state index in [1.807, 2.05) is 0 Å². The number of thiophene rings is 1. The zero-order chi connectivity index (χ0) is 16.0. The Morgan fingerprint density at radius 2 is 2.30 bits per heavy atom. The maximum absolute atomic E-state index is 12.1. The number of carbonyl (C=O) groups is 1. The van der Waals surface area contributed by atoms with Crippen molar-refractivity contribution in [3.8, 4) is 0 Å². The van der Waals surface area contributed by atoms with Crippen molar-refractivity contribution < 1.29 is 9.90 Å². The summed E-state index contributed by atoms with van der Waals surface area (Å²) >= 11 is 1.72. The molecule has 0 spiro atoms. The fourth-order valence-corrected chi connectivity index (χ4v) is 4.19. The molecule has 0 bridgehead atoms. The zero-order valence-corrected chi connectivity index (χ0v) is 13.6. The normalized spacial score (nSPS) is 15.7. The topological polar surface area (TPSA) is 92.4 Å². The van der Waals surface area contributed by atoms with Gasteiger partial charge in [0.25, 0.3) is 5.91 Å². The molecular weight excluding hydrogens is 314 g/mol. The second kappa shape index (κ2) is 5.54. The SMILES string of the molecule is CC(O)CNC(=O)c1nc2c3c4c(sc3ncn2n1)CCCC4. The lowest BCUT2D eigenvalue weighted by atomic mass is 9.97. The van der Waals surface area contributed by atoms with E-state index in [0.717, 1.165) is 23.1 Å². The average Bonchev–Trinajstić information content (AvgIpc) is 3.12. The Bertz CT molecular complexity index is 898. The molecule has 3 aromatic rings. The van der Waals surface area contributed by atoms with Crippen LogP contribution in [0.15, 0.2) is 6.33 Å². The van der Waals surface area contributed by atoms with Crippen molar-refractivity contribution in [1.82, 2.24) is 24.9 Å². The molecule has 3 heterocycles. The first-order chi connectivity index (χ1) is 11.1. The predicted molar refractivity (Wildman–Crippen MR) is 86.8 cm³/mol. The number of aliphatic hydroxyl groups excluding tert-OH is 1. The first-order valence-corrected chi connectivity index (χ1v) is 8.57. The largest absolute Gasteiger partial charge is 0.392 e. The lowest BCUT2D eigenvalue weighted by Gasteiger charge is -2.09. The molecule has 1 atom stereocenters. The number of nitrogens with one attached hydrogen (secondary N) is 1. The van der Waals surface area contributed by atoms with Gasteiger partial charge in [-0.15, -0.1) is 16.4 Å². The van der Waals surface area contributed by atoms with E-state index in [1.165, 1.54) is 23.3 Å². The van der Waals surface area contributed by atoms with Gasteiger partial charge in [-0.2, -0.15) is 0 Å². The van der Waals surface area contributed by atoms with Crippen LogP contribution >= 0.6 is 11.3 Å². The van der Waals surface area contributed by atoms with Crippen LogP contribution in [-0.4, -0.2) is 43.2 Å². The van der Waals surface area contributed by atoms with Gasteiger partial charge in [0.15, 0.2) is 5.65 Å². The summed E-state index contributed by atoms with van der Waals surface area (Å²) in [5.74, 6) is -0.275. The second-order valence-corrected chi connectivity index (χ2v) is 6.98. The Hall–Kier alpha value is -2.06. The lowest BCUT2D eigenvalue weighted by Crippen LogP contribution is -2.31. The molecule has 23 heavy (non-hydrogen) atoms. The van der Waals surface area contributed by atoms with E-state index in [9.17, 15) is 9.90 Å². The lowest BCUT2D eigenvalue weighted by molar-refractivity contribution is 0.0914. The van der Waals surface area contributed by atoms with Gasteiger partial charge in [-0.05, 0) is 38.2 Å². The molecule has 0 aliphatic heterocycles. The Labute approximate surface area is 136 Å². The van der Waals surface area contributed by atoms with E-state index in [2.05, 4.69) is 20.4 Å². The molecule has 0 saturated heterocycles. The van der Waals surface area contributed by atoms with Crippen molar-refractivity contribution in [2.45, 2.75) is 38.7 Å². The highest BCUT2D eigenvalue weighted by Crippen LogP contribution is 2.36. The number of aromatic nitrogens is 4. The molecule has 4 rings (SSSR count). The van der Waals surface area contributed by atoms with Crippen molar-refractivity contribution in [2.24, 2.45) is 0 Å². The number of aliphatic hydroxyl groups is 1. The van der Waals surface area contributed by atoms with Gasteiger partial charge in [-0.25, -0.2) is 14.5 Å². The summed E-state index contributed by atoms with van der Waals surface area (Å²) in [5.41, 5.74) is 2.01. The van der Waals surface area contributed by atoms with Gasteiger partial charge < -0.3 is 10.4 Å². The van der Waals surface area contributed by atoms with Gasteiger partial charge in [0.05, 0.1) is 11.5 Å². The number of carbonyl (C=O) groups excluding carboxylic acids is 1. The predicted octanol–water partition coefficient (Wildman–Crippen LogP) is 1.33. The molecule has 2 N–H and O–H groups in total. The summed E-state index contributed by atoms with van der Waals surface area (Å²) in [6, 6.07) is 0. The van der Waals surface area contributed by atoms with Gasteiger partial charge in [0.2, 0.25) is 5.82 Å². The highest BCUT2D eigenvalue weighted by Gasteiger charge is 2.22. The van der Waals surface area contributed by atoms with Crippen LogP contribution in [0.25, 0.3) is 15.9 Å². The van der Waals surface area contributed by atoms with Crippen LogP contribution in [0.1, 0.15) is 40.8 Å². The highest BCUT2D eigenvalue weighted by atomic mass is 32.1. The van der Waals surface area contributed by atoms with Crippen LogP contribution in [0.3, 0.4) is 0 Å². The molecule has 0 fully saturated rings. The average molecular weight is 331 g/mol. The Morgan fingerprint density at radius 3 is 3.13 bits per heavy atom. The smallest absolute Gasteiger partial charge is 0.291 e. The minimum absolute atomic E-state index is 0.107.